The van der Waals surface area contributed by atoms with Crippen molar-refractivity contribution < 1.29 is 26.7 Å². The Hall–Kier alpha value is -3.67. The fraction of sp³-hybridized carbons (Fsp3) is 0.200. The molecule has 0 amide bonds. The first-order chi connectivity index (χ1) is 17.0. The number of halogens is 5. The molecule has 4 aromatic rings. The van der Waals surface area contributed by atoms with Gasteiger partial charge in [0.1, 0.15) is 17.4 Å². The van der Waals surface area contributed by atoms with Gasteiger partial charge < -0.3 is 4.74 Å². The van der Waals surface area contributed by atoms with Crippen molar-refractivity contribution in [1.82, 2.24) is 0 Å². The van der Waals surface area contributed by atoms with Gasteiger partial charge in [0, 0.05) is 11.6 Å². The van der Waals surface area contributed by atoms with E-state index in [1.165, 1.54) is 24.3 Å². The van der Waals surface area contributed by atoms with Gasteiger partial charge in [0.2, 0.25) is 0 Å². The molecule has 0 aromatic heterocycles. The molecular formula is C30H25F5O. The maximum Gasteiger partial charge on any atom is 0.573 e. The third kappa shape index (κ3) is 5.76. The second-order valence-corrected chi connectivity index (χ2v) is 8.83. The Kier molecular flexibility index (Phi) is 7.16. The van der Waals surface area contributed by atoms with Gasteiger partial charge in [-0.2, -0.15) is 0 Å². The topological polar surface area (TPSA) is 9.23 Å². The zero-order valence-electron chi connectivity index (χ0n) is 20.1. The molecule has 1 nitrogen and oxygen atoms in total. The standard InChI is InChI=1S/C30H25F5O/c1-4-20-6-10-27(28-11-7-23(31)17-29(28)32)21(14-20)15-22-16-24(36-30(33,34)35)8-12-26(22)25-9-5-18(2)13-19(25)3/h5-14,16-17H,4,15H2,1-3H3. The van der Waals surface area contributed by atoms with E-state index in [0.29, 0.717) is 11.1 Å². The lowest BCUT2D eigenvalue weighted by atomic mass is 9.88. The molecule has 0 bridgehead atoms. The fourth-order valence-electron chi connectivity index (χ4n) is 4.48. The summed E-state index contributed by atoms with van der Waals surface area (Å²) in [5.74, 6) is -1.71. The van der Waals surface area contributed by atoms with E-state index in [1.54, 1.807) is 12.1 Å². The Morgan fingerprint density at radius 2 is 1.33 bits per heavy atom. The van der Waals surface area contributed by atoms with E-state index >= 15 is 0 Å². The SMILES string of the molecule is CCc1ccc(-c2ccc(F)cc2F)c(Cc2cc(OC(F)(F)F)ccc2-c2ccc(C)cc2C)c1. The molecule has 0 radical (unpaired) electrons. The molecule has 0 saturated carbocycles. The molecule has 0 N–H and O–H groups in total. The zero-order valence-corrected chi connectivity index (χ0v) is 20.1. The number of hydrogen-bond donors (Lipinski definition) is 0. The van der Waals surface area contributed by atoms with E-state index in [4.69, 9.17) is 0 Å². The van der Waals surface area contributed by atoms with Crippen LogP contribution in [-0.4, -0.2) is 6.36 Å². The number of aryl methyl sites for hydroxylation is 3. The highest BCUT2D eigenvalue weighted by molar-refractivity contribution is 5.74. The normalized spacial score (nSPS) is 11.6. The first kappa shape index (κ1) is 25.4. The van der Waals surface area contributed by atoms with Gasteiger partial charge in [0.15, 0.2) is 0 Å². The van der Waals surface area contributed by atoms with Crippen LogP contribution in [0.25, 0.3) is 22.3 Å². The van der Waals surface area contributed by atoms with Crippen molar-refractivity contribution in [2.75, 3.05) is 0 Å². The van der Waals surface area contributed by atoms with Crippen molar-refractivity contribution in [2.45, 2.75) is 40.0 Å². The molecule has 0 aliphatic carbocycles. The maximum absolute atomic E-state index is 14.7. The lowest BCUT2D eigenvalue weighted by Gasteiger charge is -2.18. The quantitative estimate of drug-likeness (QED) is 0.242. The van der Waals surface area contributed by atoms with Crippen molar-refractivity contribution in [3.8, 4) is 28.0 Å². The van der Waals surface area contributed by atoms with Gasteiger partial charge in [-0.3, -0.25) is 0 Å². The van der Waals surface area contributed by atoms with Crippen molar-refractivity contribution >= 4 is 0 Å². The molecule has 6 heteroatoms. The Morgan fingerprint density at radius 3 is 2.00 bits per heavy atom. The minimum atomic E-state index is -4.83. The van der Waals surface area contributed by atoms with Crippen LogP contribution in [0, 0.1) is 25.5 Å². The van der Waals surface area contributed by atoms with E-state index in [2.05, 4.69) is 4.74 Å². The van der Waals surface area contributed by atoms with E-state index in [-0.39, 0.29) is 17.7 Å². The second kappa shape index (κ2) is 10.1. The molecule has 0 heterocycles. The number of ether oxygens (including phenoxy) is 1. The Bertz CT molecular complexity index is 1410. The van der Waals surface area contributed by atoms with Crippen molar-refractivity contribution in [3.63, 3.8) is 0 Å². The predicted octanol–water partition coefficient (Wildman–Crippen LogP) is 8.97. The third-order valence-electron chi connectivity index (χ3n) is 6.16. The van der Waals surface area contributed by atoms with Gasteiger partial charge >= 0.3 is 6.36 Å². The minimum Gasteiger partial charge on any atom is -0.406 e. The Morgan fingerprint density at radius 1 is 0.694 bits per heavy atom. The summed E-state index contributed by atoms with van der Waals surface area (Å²) >= 11 is 0. The van der Waals surface area contributed by atoms with Crippen LogP contribution in [-0.2, 0) is 12.8 Å². The summed E-state index contributed by atoms with van der Waals surface area (Å²) in [7, 11) is 0. The number of hydrogen-bond acceptors (Lipinski definition) is 1. The van der Waals surface area contributed by atoms with Gasteiger partial charge in [-0.05, 0) is 89.9 Å². The molecule has 4 rings (SSSR count). The van der Waals surface area contributed by atoms with Crippen LogP contribution in [0.15, 0.2) is 72.8 Å². The molecular weight excluding hydrogens is 471 g/mol. The third-order valence-corrected chi connectivity index (χ3v) is 6.16. The van der Waals surface area contributed by atoms with Crippen LogP contribution >= 0.6 is 0 Å². The van der Waals surface area contributed by atoms with Gasteiger partial charge in [0.25, 0.3) is 0 Å². The van der Waals surface area contributed by atoms with Crippen LogP contribution in [0.4, 0.5) is 22.0 Å². The molecule has 0 spiro atoms. The predicted molar refractivity (Wildman–Crippen MR) is 132 cm³/mol. The highest BCUT2D eigenvalue weighted by Gasteiger charge is 2.31. The average Bonchev–Trinajstić information content (AvgIpc) is 2.79. The van der Waals surface area contributed by atoms with Crippen LogP contribution < -0.4 is 4.74 Å². The lowest BCUT2D eigenvalue weighted by Crippen LogP contribution is -2.17. The van der Waals surface area contributed by atoms with E-state index < -0.39 is 18.0 Å². The fourth-order valence-corrected chi connectivity index (χ4v) is 4.48. The molecule has 4 aromatic carbocycles. The zero-order chi connectivity index (χ0) is 26.0. The molecule has 36 heavy (non-hydrogen) atoms. The smallest absolute Gasteiger partial charge is 0.406 e. The van der Waals surface area contributed by atoms with Gasteiger partial charge in [-0.1, -0.05) is 55.0 Å². The van der Waals surface area contributed by atoms with Crippen LogP contribution in [0.1, 0.15) is 34.7 Å². The van der Waals surface area contributed by atoms with Crippen LogP contribution in [0.2, 0.25) is 0 Å². The Balaban J connectivity index is 1.89. The van der Waals surface area contributed by atoms with Gasteiger partial charge in [-0.25, -0.2) is 8.78 Å². The summed E-state index contributed by atoms with van der Waals surface area (Å²) < 4.78 is 71.5. The van der Waals surface area contributed by atoms with Crippen molar-refractivity contribution in [1.29, 1.82) is 0 Å². The summed E-state index contributed by atoms with van der Waals surface area (Å²) in [4.78, 5) is 0. The number of alkyl halides is 3. The van der Waals surface area contributed by atoms with E-state index in [9.17, 15) is 22.0 Å². The Labute approximate surface area is 207 Å². The van der Waals surface area contributed by atoms with Crippen LogP contribution in [0.3, 0.4) is 0 Å². The molecule has 0 aliphatic rings. The molecule has 0 unspecified atom stereocenters. The van der Waals surface area contributed by atoms with Gasteiger partial charge in [-0.15, -0.1) is 13.2 Å². The van der Waals surface area contributed by atoms with E-state index in [1.807, 2.05) is 51.1 Å². The van der Waals surface area contributed by atoms with Crippen molar-refractivity contribution in [3.05, 3.63) is 112 Å². The molecule has 0 saturated heterocycles. The summed E-state index contributed by atoms with van der Waals surface area (Å²) in [6, 6.07) is 19.2. The van der Waals surface area contributed by atoms with Crippen molar-refractivity contribution in [2.24, 2.45) is 0 Å². The first-order valence-electron chi connectivity index (χ1n) is 11.6. The minimum absolute atomic E-state index is 0.220. The first-order valence-corrected chi connectivity index (χ1v) is 11.6. The molecule has 0 atom stereocenters. The van der Waals surface area contributed by atoms with Gasteiger partial charge in [0.05, 0.1) is 0 Å². The summed E-state index contributed by atoms with van der Waals surface area (Å²) in [6.07, 6.45) is -3.89. The highest BCUT2D eigenvalue weighted by atomic mass is 19.4. The number of benzene rings is 4. The maximum atomic E-state index is 14.7. The van der Waals surface area contributed by atoms with E-state index in [0.717, 1.165) is 45.9 Å². The number of rotatable bonds is 6. The highest BCUT2D eigenvalue weighted by Crippen LogP contribution is 2.36. The second-order valence-electron chi connectivity index (χ2n) is 8.83. The summed E-state index contributed by atoms with van der Waals surface area (Å²) in [5, 5.41) is 0. The lowest BCUT2D eigenvalue weighted by molar-refractivity contribution is -0.274. The molecule has 0 fully saturated rings. The summed E-state index contributed by atoms with van der Waals surface area (Å²) in [5.41, 5.74) is 6.78. The van der Waals surface area contributed by atoms with Crippen LogP contribution in [0.5, 0.6) is 5.75 Å². The summed E-state index contributed by atoms with van der Waals surface area (Å²) in [6.45, 7) is 5.90. The molecule has 186 valence electrons. The largest absolute Gasteiger partial charge is 0.573 e. The average molecular weight is 497 g/mol. The monoisotopic (exact) mass is 496 g/mol. The molecule has 0 aliphatic heterocycles.